The van der Waals surface area contributed by atoms with E-state index in [-0.39, 0.29) is 15.1 Å². The van der Waals surface area contributed by atoms with Gasteiger partial charge in [0.15, 0.2) is 4.21 Å². The summed E-state index contributed by atoms with van der Waals surface area (Å²) >= 11 is 0.778. The van der Waals surface area contributed by atoms with Gasteiger partial charge >= 0.3 is 4.87 Å². The highest BCUT2D eigenvalue weighted by atomic mass is 32.2. The molecule has 0 radical (unpaired) electrons. The van der Waals surface area contributed by atoms with Crippen LogP contribution in [0.3, 0.4) is 0 Å². The molecule has 0 amide bonds. The van der Waals surface area contributed by atoms with Crippen LogP contribution in [0.2, 0.25) is 0 Å². The molecule has 1 aliphatic heterocycles. The lowest BCUT2D eigenvalue weighted by atomic mass is 10.1. The molecule has 2 heterocycles. The van der Waals surface area contributed by atoms with Crippen molar-refractivity contribution in [1.29, 1.82) is 0 Å². The van der Waals surface area contributed by atoms with Crippen molar-refractivity contribution >= 4 is 21.4 Å². The third kappa shape index (κ3) is 3.13. The van der Waals surface area contributed by atoms with Gasteiger partial charge in [0.1, 0.15) is 0 Å². The molecule has 2 rings (SSSR count). The number of piperidine rings is 1. The van der Waals surface area contributed by atoms with Crippen molar-refractivity contribution < 1.29 is 8.42 Å². The summed E-state index contributed by atoms with van der Waals surface area (Å²) in [5, 5.41) is 3.24. The van der Waals surface area contributed by atoms with E-state index in [9.17, 15) is 13.2 Å². The Kier molecular flexibility index (Phi) is 5.00. The molecule has 1 atom stereocenters. The summed E-state index contributed by atoms with van der Waals surface area (Å²) in [6.45, 7) is 5.70. The van der Waals surface area contributed by atoms with Gasteiger partial charge in [-0.1, -0.05) is 18.3 Å². The second-order valence-corrected chi connectivity index (χ2v) is 8.11. The average Bonchev–Trinajstić information content (AvgIpc) is 2.76. The zero-order valence-corrected chi connectivity index (χ0v) is 13.4. The Bertz CT molecular complexity index is 600. The number of aryl methyl sites for hydroxylation is 1. The van der Waals surface area contributed by atoms with Crippen molar-refractivity contribution in [3.63, 3.8) is 0 Å². The minimum Gasteiger partial charge on any atom is -0.315 e. The molecule has 1 aromatic heterocycles. The molecular formula is C12H21N3O3S2. The van der Waals surface area contributed by atoms with Gasteiger partial charge in [0.2, 0.25) is 0 Å². The van der Waals surface area contributed by atoms with Crippen LogP contribution in [0.1, 0.15) is 31.9 Å². The van der Waals surface area contributed by atoms with Crippen molar-refractivity contribution in [3.05, 3.63) is 15.4 Å². The predicted octanol–water partition coefficient (Wildman–Crippen LogP) is 0.898. The maximum Gasteiger partial charge on any atom is 0.305 e. The van der Waals surface area contributed by atoms with E-state index in [1.807, 2.05) is 6.92 Å². The Morgan fingerprint density at radius 3 is 2.70 bits per heavy atom. The summed E-state index contributed by atoms with van der Waals surface area (Å²) in [5.41, 5.74) is 0.435. The lowest BCUT2D eigenvalue weighted by Gasteiger charge is -2.33. The molecule has 1 aromatic rings. The maximum absolute atomic E-state index is 12.8. The largest absolute Gasteiger partial charge is 0.315 e. The number of hydrogen-bond donors (Lipinski definition) is 2. The van der Waals surface area contributed by atoms with E-state index >= 15 is 0 Å². The third-order valence-electron chi connectivity index (χ3n) is 3.45. The Hall–Kier alpha value is -0.700. The molecular weight excluding hydrogens is 298 g/mol. The first-order valence-electron chi connectivity index (χ1n) is 6.89. The number of rotatable bonds is 5. The molecule has 2 N–H and O–H groups in total. The molecule has 8 heteroatoms. The number of nitrogens with zero attached hydrogens (tertiary/aromatic N) is 1. The van der Waals surface area contributed by atoms with Gasteiger partial charge < -0.3 is 10.3 Å². The zero-order valence-electron chi connectivity index (χ0n) is 11.8. The van der Waals surface area contributed by atoms with Crippen LogP contribution in [-0.2, 0) is 10.0 Å². The smallest absolute Gasteiger partial charge is 0.305 e. The second-order valence-electron chi connectivity index (χ2n) is 5.04. The quantitative estimate of drug-likeness (QED) is 0.845. The molecule has 0 spiro atoms. The van der Waals surface area contributed by atoms with Gasteiger partial charge in [-0.15, -0.1) is 0 Å². The van der Waals surface area contributed by atoms with E-state index in [0.717, 1.165) is 37.1 Å². The van der Waals surface area contributed by atoms with Crippen LogP contribution in [-0.4, -0.2) is 43.4 Å². The number of aromatic amines is 1. The summed E-state index contributed by atoms with van der Waals surface area (Å²) in [6.07, 6.45) is 2.60. The first-order valence-corrected chi connectivity index (χ1v) is 9.14. The van der Waals surface area contributed by atoms with Crippen molar-refractivity contribution in [1.82, 2.24) is 14.6 Å². The van der Waals surface area contributed by atoms with E-state index in [0.29, 0.717) is 18.8 Å². The van der Waals surface area contributed by atoms with Gasteiger partial charge in [0.05, 0.1) is 0 Å². The Labute approximate surface area is 123 Å². The second kappa shape index (κ2) is 6.38. The summed E-state index contributed by atoms with van der Waals surface area (Å²) in [7, 11) is -3.59. The first kappa shape index (κ1) is 15.7. The minimum atomic E-state index is -3.59. The summed E-state index contributed by atoms with van der Waals surface area (Å²) < 4.78 is 27.3. The normalized spacial score (nSPS) is 20.4. The Morgan fingerprint density at radius 2 is 2.20 bits per heavy atom. The van der Waals surface area contributed by atoms with Crippen LogP contribution in [0, 0.1) is 6.92 Å². The van der Waals surface area contributed by atoms with E-state index in [1.54, 1.807) is 11.2 Å². The topological polar surface area (TPSA) is 82.3 Å². The molecule has 1 saturated heterocycles. The molecule has 1 aliphatic rings. The average molecular weight is 319 g/mol. The zero-order chi connectivity index (χ0) is 14.8. The number of aromatic nitrogens is 1. The van der Waals surface area contributed by atoms with E-state index in [4.69, 9.17) is 0 Å². The van der Waals surface area contributed by atoms with Crippen molar-refractivity contribution in [2.45, 2.75) is 43.4 Å². The van der Waals surface area contributed by atoms with Crippen LogP contribution in [0.5, 0.6) is 0 Å². The summed E-state index contributed by atoms with van der Waals surface area (Å²) in [6, 6.07) is -0.0229. The third-order valence-corrected chi connectivity index (χ3v) is 6.98. The summed E-state index contributed by atoms with van der Waals surface area (Å²) in [5.74, 6) is 0. The van der Waals surface area contributed by atoms with Crippen LogP contribution in [0.15, 0.2) is 9.00 Å². The van der Waals surface area contributed by atoms with E-state index in [2.05, 4.69) is 10.3 Å². The highest BCUT2D eigenvalue weighted by molar-refractivity contribution is 7.91. The van der Waals surface area contributed by atoms with Gasteiger partial charge in [-0.2, -0.15) is 4.31 Å². The molecule has 20 heavy (non-hydrogen) atoms. The van der Waals surface area contributed by atoms with Gasteiger partial charge in [0.25, 0.3) is 10.0 Å². The highest BCUT2D eigenvalue weighted by Gasteiger charge is 2.34. The van der Waals surface area contributed by atoms with Crippen molar-refractivity contribution in [2.24, 2.45) is 0 Å². The van der Waals surface area contributed by atoms with Crippen molar-refractivity contribution in [3.8, 4) is 0 Å². The maximum atomic E-state index is 12.8. The number of H-pyrrole nitrogens is 1. The fourth-order valence-electron chi connectivity index (χ4n) is 2.54. The first-order chi connectivity index (χ1) is 9.46. The Morgan fingerprint density at radius 1 is 1.45 bits per heavy atom. The monoisotopic (exact) mass is 319 g/mol. The fourth-order valence-corrected chi connectivity index (χ4v) is 5.70. The molecule has 1 unspecified atom stereocenters. The van der Waals surface area contributed by atoms with Gasteiger partial charge in [-0.05, 0) is 32.7 Å². The summed E-state index contributed by atoms with van der Waals surface area (Å²) in [4.78, 5) is 13.6. The van der Waals surface area contributed by atoms with Gasteiger partial charge in [0, 0.05) is 24.8 Å². The number of nitrogens with one attached hydrogen (secondary N) is 2. The highest BCUT2D eigenvalue weighted by Crippen LogP contribution is 2.25. The lowest BCUT2D eigenvalue weighted by molar-refractivity contribution is 0.266. The number of hydrogen-bond acceptors (Lipinski definition) is 5. The van der Waals surface area contributed by atoms with Crippen molar-refractivity contribution in [2.75, 3.05) is 19.6 Å². The molecule has 0 saturated carbocycles. The molecule has 1 fully saturated rings. The van der Waals surface area contributed by atoms with Crippen LogP contribution in [0.4, 0.5) is 0 Å². The molecule has 6 nitrogen and oxygen atoms in total. The molecule has 114 valence electrons. The van der Waals surface area contributed by atoms with E-state index in [1.165, 1.54) is 0 Å². The molecule has 0 bridgehead atoms. The van der Waals surface area contributed by atoms with Crippen LogP contribution < -0.4 is 10.2 Å². The van der Waals surface area contributed by atoms with Gasteiger partial charge in [-0.3, -0.25) is 4.79 Å². The standard InChI is InChI=1S/C12H21N3O3S2/c1-3-7-15(10-5-4-6-13-8-10)20(17,18)11-9(2)14-12(16)19-11/h10,13H,3-8H2,1-2H3,(H,14,16). The predicted molar refractivity (Wildman–Crippen MR) is 79.8 cm³/mol. The lowest BCUT2D eigenvalue weighted by Crippen LogP contribution is -2.48. The number of sulfonamides is 1. The van der Waals surface area contributed by atoms with Crippen LogP contribution >= 0.6 is 11.3 Å². The molecule has 0 aromatic carbocycles. The SMILES string of the molecule is CCCN(C1CCCNC1)S(=O)(=O)c1sc(=O)[nH]c1C. The van der Waals surface area contributed by atoms with E-state index < -0.39 is 10.0 Å². The molecule has 0 aliphatic carbocycles. The fraction of sp³-hybridized carbons (Fsp3) is 0.750. The number of thiazole rings is 1. The minimum absolute atomic E-state index is 0.0229. The van der Waals surface area contributed by atoms with Crippen LogP contribution in [0.25, 0.3) is 0 Å². The van der Waals surface area contributed by atoms with Gasteiger partial charge in [-0.25, -0.2) is 8.42 Å². The Balaban J connectivity index is 2.36.